The number of urea groups is 1. The number of benzene rings is 2. The first kappa shape index (κ1) is 27.0. The van der Waals surface area contributed by atoms with E-state index in [1.165, 1.54) is 16.9 Å². The first-order chi connectivity index (χ1) is 17.9. The molecule has 0 aliphatic heterocycles. The average molecular weight is 539 g/mol. The van der Waals surface area contributed by atoms with Crippen LogP contribution < -0.4 is 20.7 Å². The van der Waals surface area contributed by atoms with Gasteiger partial charge in [0.15, 0.2) is 0 Å². The van der Waals surface area contributed by atoms with Crippen LogP contribution in [0.5, 0.6) is 5.75 Å². The van der Waals surface area contributed by atoms with Crippen LogP contribution in [0.25, 0.3) is 0 Å². The van der Waals surface area contributed by atoms with E-state index in [4.69, 9.17) is 4.74 Å². The quantitative estimate of drug-likeness (QED) is 0.273. The zero-order valence-corrected chi connectivity index (χ0v) is 23.1. The van der Waals surface area contributed by atoms with E-state index in [0.717, 1.165) is 47.0 Å². The highest BCUT2D eigenvalue weighted by Crippen LogP contribution is 2.22. The number of amides is 3. The summed E-state index contributed by atoms with van der Waals surface area (Å²) in [6.07, 6.45) is 5.66. The molecule has 0 spiro atoms. The summed E-state index contributed by atoms with van der Waals surface area (Å²) in [7, 11) is 0. The predicted octanol–water partition coefficient (Wildman–Crippen LogP) is 6.43. The molecule has 1 aliphatic rings. The molecule has 0 saturated heterocycles. The molecule has 3 N–H and O–H groups in total. The third-order valence-electron chi connectivity index (χ3n) is 6.44. The summed E-state index contributed by atoms with van der Waals surface area (Å²) >= 11 is 3.06. The Kier molecular flexibility index (Phi) is 9.46. The fraction of sp³-hybridized carbons (Fsp3) is 0.393. The molecule has 4 rings (SSSR count). The number of thiazole rings is 1. The van der Waals surface area contributed by atoms with Gasteiger partial charge in [0, 0.05) is 22.0 Å². The topological polar surface area (TPSA) is 92.4 Å². The smallest absolute Gasteiger partial charge is 0.319 e. The molecule has 1 aromatic heterocycles. The van der Waals surface area contributed by atoms with Crippen LogP contribution in [-0.4, -0.2) is 35.3 Å². The minimum atomic E-state index is -0.266. The summed E-state index contributed by atoms with van der Waals surface area (Å²) < 4.78 is 5.85. The van der Waals surface area contributed by atoms with E-state index in [1.54, 1.807) is 17.1 Å². The van der Waals surface area contributed by atoms with E-state index in [-0.39, 0.29) is 24.0 Å². The van der Waals surface area contributed by atoms with E-state index in [2.05, 4.69) is 46.9 Å². The molecular formula is C28H34N4O3S2. The molecule has 37 heavy (non-hydrogen) atoms. The minimum Gasteiger partial charge on any atom is -0.486 e. The molecule has 3 aromatic rings. The van der Waals surface area contributed by atoms with E-state index >= 15 is 0 Å². The number of carbonyl (C=O) groups is 2. The number of rotatable bonds is 9. The number of nitrogens with zero attached hydrogens (tertiary/aromatic N) is 1. The lowest BCUT2D eigenvalue weighted by molar-refractivity contribution is 0.0911. The zero-order chi connectivity index (χ0) is 26.2. The molecular weight excluding hydrogens is 504 g/mol. The monoisotopic (exact) mass is 538 g/mol. The molecule has 1 saturated carbocycles. The van der Waals surface area contributed by atoms with Crippen LogP contribution in [0.2, 0.25) is 0 Å². The molecule has 196 valence electrons. The van der Waals surface area contributed by atoms with Crippen LogP contribution >= 0.6 is 23.1 Å². The standard InChI is InChI=1S/C28H34N4O3S2/c1-18(2)19-8-12-21(13-9-19)35-16-26-30-25(17-37-26)27(33)31-23-6-4-5-7-24(23)32-28(34)29-20-10-14-22(36-3)15-11-20/h8-15,17-18,23-24H,4-7,16H2,1-3H3,(H,31,33)(H2,29,32,34)/t23-,24+/m1/s1. The van der Waals surface area contributed by atoms with Gasteiger partial charge in [0.1, 0.15) is 23.1 Å². The summed E-state index contributed by atoms with van der Waals surface area (Å²) in [5.74, 6) is 1.02. The molecule has 1 heterocycles. The number of thioether (sulfide) groups is 1. The van der Waals surface area contributed by atoms with Crippen molar-refractivity contribution in [1.82, 2.24) is 15.6 Å². The number of carbonyl (C=O) groups excluding carboxylic acids is 2. The number of aromatic nitrogens is 1. The van der Waals surface area contributed by atoms with Gasteiger partial charge in [-0.15, -0.1) is 23.1 Å². The maximum Gasteiger partial charge on any atom is 0.319 e. The Bertz CT molecular complexity index is 1180. The minimum absolute atomic E-state index is 0.140. The third-order valence-corrected chi connectivity index (χ3v) is 8.01. The molecule has 2 aromatic carbocycles. The highest BCUT2D eigenvalue weighted by Gasteiger charge is 2.28. The van der Waals surface area contributed by atoms with Gasteiger partial charge in [0.2, 0.25) is 0 Å². The maximum absolute atomic E-state index is 12.9. The van der Waals surface area contributed by atoms with E-state index in [9.17, 15) is 9.59 Å². The maximum atomic E-state index is 12.9. The van der Waals surface area contributed by atoms with Gasteiger partial charge in [-0.3, -0.25) is 4.79 Å². The van der Waals surface area contributed by atoms with Crippen molar-refractivity contribution in [1.29, 1.82) is 0 Å². The van der Waals surface area contributed by atoms with Crippen molar-refractivity contribution in [2.75, 3.05) is 11.6 Å². The van der Waals surface area contributed by atoms with Gasteiger partial charge in [-0.2, -0.15) is 0 Å². The number of hydrogen-bond donors (Lipinski definition) is 3. The Morgan fingerprint density at radius 3 is 2.35 bits per heavy atom. The molecule has 1 aliphatic carbocycles. The molecule has 0 bridgehead atoms. The fourth-order valence-corrected chi connectivity index (χ4v) is 5.40. The van der Waals surface area contributed by atoms with E-state index in [1.807, 2.05) is 42.7 Å². The summed E-state index contributed by atoms with van der Waals surface area (Å²) in [5.41, 5.74) is 2.37. The van der Waals surface area contributed by atoms with E-state index in [0.29, 0.717) is 18.2 Å². The first-order valence-electron chi connectivity index (χ1n) is 12.6. The second-order valence-electron chi connectivity index (χ2n) is 9.44. The molecule has 7 nitrogen and oxygen atoms in total. The van der Waals surface area contributed by atoms with Gasteiger partial charge < -0.3 is 20.7 Å². The Labute approximate surface area is 226 Å². The van der Waals surface area contributed by atoms with Crippen molar-refractivity contribution >= 4 is 40.7 Å². The van der Waals surface area contributed by atoms with Crippen LogP contribution in [0.1, 0.15) is 66.5 Å². The Morgan fingerprint density at radius 2 is 1.70 bits per heavy atom. The summed E-state index contributed by atoms with van der Waals surface area (Å²) in [6.45, 7) is 4.62. The van der Waals surface area contributed by atoms with Crippen molar-refractivity contribution in [2.24, 2.45) is 0 Å². The molecule has 3 amide bonds. The fourth-order valence-electron chi connectivity index (χ4n) is 4.30. The molecule has 0 radical (unpaired) electrons. The molecule has 9 heteroatoms. The second-order valence-corrected chi connectivity index (χ2v) is 11.3. The Hall–Kier alpha value is -3.04. The van der Waals surface area contributed by atoms with Crippen LogP contribution in [-0.2, 0) is 6.61 Å². The van der Waals surface area contributed by atoms with Crippen LogP contribution in [0.4, 0.5) is 10.5 Å². The SMILES string of the molecule is CSc1ccc(NC(=O)N[C@H]2CCCC[C@H]2NC(=O)c2csc(COc3ccc(C(C)C)cc3)n2)cc1. The summed E-state index contributed by atoms with van der Waals surface area (Å²) in [4.78, 5) is 31.2. The van der Waals surface area contributed by atoms with E-state index < -0.39 is 0 Å². The molecule has 2 atom stereocenters. The van der Waals surface area contributed by atoms with Gasteiger partial charge in [0.05, 0.1) is 6.04 Å². The molecule has 1 fully saturated rings. The normalized spacial score (nSPS) is 17.3. The lowest BCUT2D eigenvalue weighted by Gasteiger charge is -2.32. The van der Waals surface area contributed by atoms with Crippen molar-refractivity contribution in [3.63, 3.8) is 0 Å². The van der Waals surface area contributed by atoms with Gasteiger partial charge in [-0.05, 0) is 67.0 Å². The predicted molar refractivity (Wildman–Crippen MR) is 151 cm³/mol. The van der Waals surface area contributed by atoms with Crippen molar-refractivity contribution in [3.05, 3.63) is 70.2 Å². The summed E-state index contributed by atoms with van der Waals surface area (Å²) in [6, 6.07) is 15.2. The highest BCUT2D eigenvalue weighted by atomic mass is 32.2. The zero-order valence-electron chi connectivity index (χ0n) is 21.5. The summed E-state index contributed by atoms with van der Waals surface area (Å²) in [5, 5.41) is 11.5. The lowest BCUT2D eigenvalue weighted by Crippen LogP contribution is -2.54. The van der Waals surface area contributed by atoms with Gasteiger partial charge in [-0.25, -0.2) is 9.78 Å². The van der Waals surface area contributed by atoms with Crippen molar-refractivity contribution in [2.45, 2.75) is 69.0 Å². The van der Waals surface area contributed by atoms with Gasteiger partial charge in [0.25, 0.3) is 5.91 Å². The van der Waals surface area contributed by atoms with Crippen LogP contribution in [0, 0.1) is 0 Å². The number of anilines is 1. The van der Waals surface area contributed by atoms with Gasteiger partial charge in [-0.1, -0.05) is 38.8 Å². The Morgan fingerprint density at radius 1 is 1.03 bits per heavy atom. The first-order valence-corrected chi connectivity index (χ1v) is 14.7. The Balaban J connectivity index is 1.29. The second kappa shape index (κ2) is 13.0. The van der Waals surface area contributed by atoms with Crippen LogP contribution in [0.15, 0.2) is 58.8 Å². The van der Waals surface area contributed by atoms with Gasteiger partial charge >= 0.3 is 6.03 Å². The number of nitrogens with one attached hydrogen (secondary N) is 3. The van der Waals surface area contributed by atoms with Crippen LogP contribution in [0.3, 0.4) is 0 Å². The number of hydrogen-bond acceptors (Lipinski definition) is 6. The highest BCUT2D eigenvalue weighted by molar-refractivity contribution is 7.98. The number of ether oxygens (including phenoxy) is 1. The lowest BCUT2D eigenvalue weighted by atomic mass is 9.90. The third kappa shape index (κ3) is 7.72. The largest absolute Gasteiger partial charge is 0.486 e. The molecule has 0 unspecified atom stereocenters. The van der Waals surface area contributed by atoms with Crippen molar-refractivity contribution in [3.8, 4) is 5.75 Å². The van der Waals surface area contributed by atoms with Crippen molar-refractivity contribution < 1.29 is 14.3 Å². The average Bonchev–Trinajstić information content (AvgIpc) is 3.38.